The first-order valence-corrected chi connectivity index (χ1v) is 6.81. The van der Waals surface area contributed by atoms with Gasteiger partial charge in [-0.3, -0.25) is 10.1 Å². The summed E-state index contributed by atoms with van der Waals surface area (Å²) in [4.78, 5) is 10.0. The van der Waals surface area contributed by atoms with Crippen LogP contribution in [0.1, 0.15) is 5.56 Å². The summed E-state index contributed by atoms with van der Waals surface area (Å²) in [5.41, 5.74) is 0.907. The molecule has 4 nitrogen and oxygen atoms in total. The molecule has 1 aliphatic rings. The molecule has 82 valence electrons. The number of hydrogen-bond donors (Lipinski definition) is 0. The molecule has 0 radical (unpaired) electrons. The fourth-order valence-electron chi connectivity index (χ4n) is 1.55. The summed E-state index contributed by atoms with van der Waals surface area (Å²) >= 11 is 0. The molecule has 5 heteroatoms. The molecular weight excluding hydrogens is 225 g/mol. The lowest BCUT2D eigenvalue weighted by molar-refractivity contribution is -0.384. The first kappa shape index (κ1) is 10.8. The molecule has 2 rings (SSSR count). The molecule has 0 saturated carbocycles. The van der Waals surface area contributed by atoms with E-state index in [4.69, 9.17) is 0 Å². The van der Waals surface area contributed by atoms with E-state index < -0.39 is 12.1 Å². The first-order valence-electron chi connectivity index (χ1n) is 4.78. The third-order valence-corrected chi connectivity index (χ3v) is 4.58. The Bertz CT molecular complexity index is 501. The molecule has 0 atom stereocenters. The Kier molecular flexibility index (Phi) is 2.75. The van der Waals surface area contributed by atoms with Gasteiger partial charge in [-0.2, -0.15) is 0 Å². The summed E-state index contributed by atoms with van der Waals surface area (Å²) < 4.78 is 12.1. The van der Waals surface area contributed by atoms with Crippen molar-refractivity contribution in [2.24, 2.45) is 0 Å². The Morgan fingerprint density at radius 2 is 1.69 bits per heavy atom. The van der Waals surface area contributed by atoms with Gasteiger partial charge in [0.25, 0.3) is 5.69 Å². The van der Waals surface area contributed by atoms with Gasteiger partial charge in [0, 0.05) is 18.3 Å². The van der Waals surface area contributed by atoms with Gasteiger partial charge in [0.1, 0.15) is 7.14 Å². The van der Waals surface area contributed by atoms with Crippen LogP contribution in [0.25, 0.3) is 0 Å². The summed E-state index contributed by atoms with van der Waals surface area (Å²) in [5.74, 6) is 3.41. The number of allylic oxidation sites excluding steroid dienone is 2. The van der Waals surface area contributed by atoms with Gasteiger partial charge in [-0.15, -0.1) is 0 Å². The normalized spacial score (nSPS) is 16.5. The second-order valence-electron chi connectivity index (χ2n) is 3.62. The smallest absolute Gasteiger partial charge is 0.269 e. The lowest BCUT2D eigenvalue weighted by Gasteiger charge is -2.06. The minimum absolute atomic E-state index is 0.0551. The van der Waals surface area contributed by atoms with E-state index in [1.165, 1.54) is 12.1 Å². The SMILES string of the molecule is O=[N+]([O-])c1ccc(CP2(=O)C=CC=C2)cc1. The number of benzene rings is 1. The highest BCUT2D eigenvalue weighted by molar-refractivity contribution is 7.69. The van der Waals surface area contributed by atoms with Gasteiger partial charge < -0.3 is 4.57 Å². The van der Waals surface area contributed by atoms with Crippen molar-refractivity contribution in [3.8, 4) is 0 Å². The van der Waals surface area contributed by atoms with Crippen LogP contribution in [0.5, 0.6) is 0 Å². The molecule has 0 aliphatic carbocycles. The van der Waals surface area contributed by atoms with Crippen LogP contribution in [-0.4, -0.2) is 4.92 Å². The summed E-state index contributed by atoms with van der Waals surface area (Å²) in [6, 6.07) is 6.17. The predicted molar refractivity (Wildman–Crippen MR) is 62.7 cm³/mol. The summed E-state index contributed by atoms with van der Waals surface area (Å²) in [6.07, 6.45) is 3.97. The van der Waals surface area contributed by atoms with Crippen LogP contribution in [0.4, 0.5) is 5.69 Å². The molecule has 0 unspecified atom stereocenters. The zero-order valence-electron chi connectivity index (χ0n) is 8.45. The monoisotopic (exact) mass is 235 g/mol. The molecule has 16 heavy (non-hydrogen) atoms. The number of nitro benzene ring substituents is 1. The van der Waals surface area contributed by atoms with Crippen LogP contribution in [0.2, 0.25) is 0 Å². The van der Waals surface area contributed by atoms with Gasteiger partial charge in [0.05, 0.1) is 4.92 Å². The van der Waals surface area contributed by atoms with Crippen LogP contribution in [-0.2, 0) is 10.7 Å². The Balaban J connectivity index is 2.17. The number of non-ortho nitro benzene ring substituents is 1. The minimum Gasteiger partial charge on any atom is -0.315 e. The van der Waals surface area contributed by atoms with E-state index in [1.54, 1.807) is 35.9 Å². The molecule has 0 fully saturated rings. The zero-order valence-corrected chi connectivity index (χ0v) is 9.34. The zero-order chi connectivity index (χ0) is 11.6. The van der Waals surface area contributed by atoms with Crippen molar-refractivity contribution in [3.63, 3.8) is 0 Å². The third-order valence-electron chi connectivity index (χ3n) is 2.36. The van der Waals surface area contributed by atoms with Crippen molar-refractivity contribution in [1.82, 2.24) is 0 Å². The predicted octanol–water partition coefficient (Wildman–Crippen LogP) is 3.50. The highest BCUT2D eigenvalue weighted by atomic mass is 31.2. The molecular formula is C11H10NO3P. The van der Waals surface area contributed by atoms with E-state index in [0.717, 1.165) is 5.56 Å². The Morgan fingerprint density at radius 1 is 1.12 bits per heavy atom. The van der Waals surface area contributed by atoms with Gasteiger partial charge in [-0.05, 0) is 17.2 Å². The van der Waals surface area contributed by atoms with Gasteiger partial charge >= 0.3 is 0 Å². The Labute approximate surface area is 92.8 Å². The maximum atomic E-state index is 12.1. The molecule has 1 heterocycles. The van der Waals surface area contributed by atoms with Crippen molar-refractivity contribution in [2.45, 2.75) is 6.16 Å². The van der Waals surface area contributed by atoms with E-state index in [-0.39, 0.29) is 5.69 Å². The highest BCUT2D eigenvalue weighted by Crippen LogP contribution is 2.54. The maximum absolute atomic E-state index is 12.1. The Hall–Kier alpha value is -1.67. The molecule has 0 saturated heterocycles. The van der Waals surface area contributed by atoms with Gasteiger partial charge in [0.2, 0.25) is 0 Å². The van der Waals surface area contributed by atoms with E-state index >= 15 is 0 Å². The van der Waals surface area contributed by atoms with Crippen LogP contribution in [0.15, 0.2) is 48.1 Å². The first-order chi connectivity index (χ1) is 7.59. The van der Waals surface area contributed by atoms with E-state index in [9.17, 15) is 14.7 Å². The molecule has 0 N–H and O–H groups in total. The van der Waals surface area contributed by atoms with Crippen LogP contribution in [0, 0.1) is 10.1 Å². The van der Waals surface area contributed by atoms with Gasteiger partial charge in [0.15, 0.2) is 0 Å². The van der Waals surface area contributed by atoms with E-state index in [1.807, 2.05) is 0 Å². The van der Waals surface area contributed by atoms with Gasteiger partial charge in [-0.1, -0.05) is 24.3 Å². The number of nitro groups is 1. The van der Waals surface area contributed by atoms with Crippen molar-refractivity contribution >= 4 is 12.8 Å². The molecule has 1 aliphatic heterocycles. The van der Waals surface area contributed by atoms with Crippen LogP contribution < -0.4 is 0 Å². The molecule has 1 aromatic rings. The highest BCUT2D eigenvalue weighted by Gasteiger charge is 2.18. The number of nitrogens with zero attached hydrogens (tertiary/aromatic N) is 1. The van der Waals surface area contributed by atoms with E-state index in [0.29, 0.717) is 6.16 Å². The van der Waals surface area contributed by atoms with Gasteiger partial charge in [-0.25, -0.2) is 0 Å². The second-order valence-corrected chi connectivity index (χ2v) is 6.24. The molecule has 0 aromatic heterocycles. The van der Waals surface area contributed by atoms with E-state index in [2.05, 4.69) is 0 Å². The average Bonchev–Trinajstić information content (AvgIpc) is 2.65. The lowest BCUT2D eigenvalue weighted by atomic mass is 10.2. The third kappa shape index (κ3) is 2.28. The van der Waals surface area contributed by atoms with Crippen molar-refractivity contribution in [3.05, 3.63) is 63.7 Å². The largest absolute Gasteiger partial charge is 0.315 e. The standard InChI is InChI=1S/C11H10NO3P/c13-12(14)11-5-3-10(4-6-11)9-16(15)7-1-2-8-16/h1-8H,9H2. The maximum Gasteiger partial charge on any atom is 0.269 e. The quantitative estimate of drug-likeness (QED) is 0.457. The number of hydrogen-bond acceptors (Lipinski definition) is 3. The Morgan fingerprint density at radius 3 is 2.19 bits per heavy atom. The number of rotatable bonds is 3. The fourth-order valence-corrected chi connectivity index (χ4v) is 3.43. The second kappa shape index (κ2) is 4.06. The van der Waals surface area contributed by atoms with Crippen molar-refractivity contribution < 1.29 is 9.49 Å². The topological polar surface area (TPSA) is 60.2 Å². The average molecular weight is 235 g/mol. The molecule has 1 aromatic carbocycles. The van der Waals surface area contributed by atoms with Crippen LogP contribution in [0.3, 0.4) is 0 Å². The summed E-state index contributed by atoms with van der Waals surface area (Å²) in [7, 11) is -2.36. The minimum atomic E-state index is -2.36. The van der Waals surface area contributed by atoms with Crippen LogP contribution >= 0.6 is 7.14 Å². The molecule has 0 spiro atoms. The molecule has 0 bridgehead atoms. The van der Waals surface area contributed by atoms with Crippen molar-refractivity contribution in [1.29, 1.82) is 0 Å². The summed E-state index contributed by atoms with van der Waals surface area (Å²) in [5, 5.41) is 10.4. The molecule has 0 amide bonds. The lowest BCUT2D eigenvalue weighted by Crippen LogP contribution is -1.89. The fraction of sp³-hybridized carbons (Fsp3) is 0.0909. The summed E-state index contributed by atoms with van der Waals surface area (Å²) in [6.45, 7) is 0. The van der Waals surface area contributed by atoms with Crippen molar-refractivity contribution in [2.75, 3.05) is 0 Å².